The molecule has 1 fully saturated rings. The van der Waals surface area contributed by atoms with Gasteiger partial charge in [-0.05, 0) is 17.7 Å². The average molecular weight is 292 g/mol. The number of hydrogen-bond donors (Lipinski definition) is 0. The second-order valence-electron chi connectivity index (χ2n) is 4.45. The number of nitrogens with zero attached hydrogens (tertiary/aromatic N) is 1. The van der Waals surface area contributed by atoms with E-state index in [1.54, 1.807) is 12.1 Å². The van der Waals surface area contributed by atoms with Crippen LogP contribution in [0, 0.1) is 5.82 Å². The normalized spacial score (nSPS) is 25.3. The van der Waals surface area contributed by atoms with Crippen LogP contribution >= 0.6 is 23.2 Å². The molecule has 5 heteroatoms. The Morgan fingerprint density at radius 1 is 1.11 bits per heavy atom. The molecular weight excluding hydrogens is 276 g/mol. The van der Waals surface area contributed by atoms with Crippen LogP contribution in [0.3, 0.4) is 0 Å². The second-order valence-corrected chi connectivity index (χ2v) is 5.07. The Balaban J connectivity index is 2.09. The maximum atomic E-state index is 12.9. The molecule has 2 rings (SSSR count). The lowest BCUT2D eigenvalue weighted by atomic mass is 10.1. The highest BCUT2D eigenvalue weighted by Gasteiger charge is 2.30. The summed E-state index contributed by atoms with van der Waals surface area (Å²) in [5.41, 5.74) is 1.06. The summed E-state index contributed by atoms with van der Waals surface area (Å²) in [4.78, 5) is 2.25. The van der Waals surface area contributed by atoms with Crippen LogP contribution in [0.15, 0.2) is 24.3 Å². The van der Waals surface area contributed by atoms with Crippen LogP contribution in [-0.2, 0) is 11.3 Å². The molecule has 100 valence electrons. The van der Waals surface area contributed by atoms with Crippen molar-refractivity contribution < 1.29 is 9.13 Å². The van der Waals surface area contributed by atoms with Crippen molar-refractivity contribution in [2.45, 2.75) is 18.6 Å². The molecule has 1 aromatic carbocycles. The van der Waals surface area contributed by atoms with Crippen molar-refractivity contribution in [3.8, 4) is 0 Å². The van der Waals surface area contributed by atoms with Gasteiger partial charge in [0.1, 0.15) is 5.82 Å². The molecule has 0 radical (unpaired) electrons. The summed E-state index contributed by atoms with van der Waals surface area (Å²) in [7, 11) is 0. The van der Waals surface area contributed by atoms with Crippen molar-refractivity contribution in [1.29, 1.82) is 0 Å². The third kappa shape index (κ3) is 3.35. The first-order valence-electron chi connectivity index (χ1n) is 5.94. The Bertz CT molecular complexity index is 362. The molecule has 0 aromatic heterocycles. The van der Waals surface area contributed by atoms with Gasteiger partial charge in [-0.15, -0.1) is 23.2 Å². The maximum absolute atomic E-state index is 12.9. The molecule has 0 aliphatic carbocycles. The van der Waals surface area contributed by atoms with Gasteiger partial charge < -0.3 is 4.74 Å². The van der Waals surface area contributed by atoms with E-state index >= 15 is 0 Å². The van der Waals surface area contributed by atoms with Gasteiger partial charge in [0.25, 0.3) is 0 Å². The van der Waals surface area contributed by atoms with Crippen molar-refractivity contribution in [3.63, 3.8) is 0 Å². The monoisotopic (exact) mass is 291 g/mol. The summed E-state index contributed by atoms with van der Waals surface area (Å²) in [5, 5.41) is 0. The molecule has 1 aromatic rings. The summed E-state index contributed by atoms with van der Waals surface area (Å²) in [6.45, 7) is 1.97. The molecule has 0 amide bonds. The van der Waals surface area contributed by atoms with E-state index in [9.17, 15) is 4.39 Å². The summed E-state index contributed by atoms with van der Waals surface area (Å²) in [6.07, 6.45) is 0. The number of rotatable bonds is 4. The highest BCUT2D eigenvalue weighted by atomic mass is 35.5. The molecule has 0 spiro atoms. The molecule has 1 aliphatic rings. The van der Waals surface area contributed by atoms with Crippen molar-refractivity contribution in [3.05, 3.63) is 35.6 Å². The lowest BCUT2D eigenvalue weighted by Crippen LogP contribution is -2.53. The Morgan fingerprint density at radius 3 is 2.17 bits per heavy atom. The molecule has 0 unspecified atom stereocenters. The van der Waals surface area contributed by atoms with Crippen molar-refractivity contribution in [2.24, 2.45) is 0 Å². The number of halogens is 3. The van der Waals surface area contributed by atoms with Gasteiger partial charge >= 0.3 is 0 Å². The van der Waals surface area contributed by atoms with Crippen LogP contribution in [0.25, 0.3) is 0 Å². The summed E-state index contributed by atoms with van der Waals surface area (Å²) in [6, 6.07) is 6.86. The zero-order chi connectivity index (χ0) is 13.0. The Morgan fingerprint density at radius 2 is 1.67 bits per heavy atom. The first-order valence-corrected chi connectivity index (χ1v) is 7.01. The number of alkyl halides is 2. The smallest absolute Gasteiger partial charge is 0.123 e. The number of benzene rings is 1. The fraction of sp³-hybridized carbons (Fsp3) is 0.538. The zero-order valence-electron chi connectivity index (χ0n) is 9.99. The number of ether oxygens (including phenoxy) is 1. The minimum atomic E-state index is -0.219. The zero-order valence-corrected chi connectivity index (χ0v) is 11.5. The number of hydrogen-bond acceptors (Lipinski definition) is 2. The Kier molecular flexibility index (Phi) is 5.25. The molecule has 2 nitrogen and oxygen atoms in total. The molecule has 1 aliphatic heterocycles. The fourth-order valence-electron chi connectivity index (χ4n) is 2.15. The molecule has 0 N–H and O–H groups in total. The van der Waals surface area contributed by atoms with Crippen LogP contribution in [0.2, 0.25) is 0 Å². The van der Waals surface area contributed by atoms with Crippen LogP contribution in [0.1, 0.15) is 5.56 Å². The minimum Gasteiger partial charge on any atom is -0.378 e. The summed E-state index contributed by atoms with van der Waals surface area (Å²) < 4.78 is 18.4. The van der Waals surface area contributed by atoms with E-state index in [1.165, 1.54) is 12.1 Å². The fourth-order valence-corrected chi connectivity index (χ4v) is 2.69. The molecular formula is C13H16Cl2FNO. The topological polar surface area (TPSA) is 12.5 Å². The molecule has 1 heterocycles. The SMILES string of the molecule is Fc1ccc(CN2[C@H](CCl)COC[C@@H]2CCl)cc1. The largest absolute Gasteiger partial charge is 0.378 e. The van der Waals surface area contributed by atoms with Gasteiger partial charge in [0.05, 0.1) is 13.2 Å². The Labute approximate surface area is 117 Å². The first kappa shape index (κ1) is 14.1. The van der Waals surface area contributed by atoms with Gasteiger partial charge in [-0.2, -0.15) is 0 Å². The summed E-state index contributed by atoms with van der Waals surface area (Å²) in [5.74, 6) is 0.798. The quantitative estimate of drug-likeness (QED) is 0.791. The van der Waals surface area contributed by atoms with Crippen molar-refractivity contribution >= 4 is 23.2 Å². The maximum Gasteiger partial charge on any atom is 0.123 e. The summed E-state index contributed by atoms with van der Waals surface area (Å²) >= 11 is 11.9. The predicted octanol–water partition coefficient (Wildman–Crippen LogP) is 2.87. The van der Waals surface area contributed by atoms with Gasteiger partial charge in [0.15, 0.2) is 0 Å². The van der Waals surface area contributed by atoms with Crippen LogP contribution in [0.5, 0.6) is 0 Å². The van der Waals surface area contributed by atoms with E-state index in [0.717, 1.165) is 12.1 Å². The van der Waals surface area contributed by atoms with E-state index in [1.807, 2.05) is 0 Å². The molecule has 1 saturated heterocycles. The van der Waals surface area contributed by atoms with E-state index < -0.39 is 0 Å². The minimum absolute atomic E-state index is 0.161. The molecule has 18 heavy (non-hydrogen) atoms. The lowest BCUT2D eigenvalue weighted by molar-refractivity contribution is -0.0384. The van der Waals surface area contributed by atoms with Gasteiger partial charge in [-0.3, -0.25) is 4.90 Å². The highest BCUT2D eigenvalue weighted by molar-refractivity contribution is 6.18. The van der Waals surface area contributed by atoms with Crippen molar-refractivity contribution in [2.75, 3.05) is 25.0 Å². The third-order valence-electron chi connectivity index (χ3n) is 3.19. The lowest BCUT2D eigenvalue weighted by Gasteiger charge is -2.40. The van der Waals surface area contributed by atoms with Gasteiger partial charge in [-0.25, -0.2) is 4.39 Å². The average Bonchev–Trinajstić information content (AvgIpc) is 2.41. The van der Waals surface area contributed by atoms with Crippen LogP contribution < -0.4 is 0 Å². The van der Waals surface area contributed by atoms with Gasteiger partial charge in [0.2, 0.25) is 0 Å². The standard InChI is InChI=1S/C13H16Cl2FNO/c14-5-12-8-18-9-13(6-15)17(12)7-10-1-3-11(16)4-2-10/h1-4,12-13H,5-9H2/t12-,13+. The predicted molar refractivity (Wildman–Crippen MR) is 71.8 cm³/mol. The van der Waals surface area contributed by atoms with E-state index in [4.69, 9.17) is 27.9 Å². The van der Waals surface area contributed by atoms with Gasteiger partial charge in [-0.1, -0.05) is 12.1 Å². The molecule has 0 bridgehead atoms. The third-order valence-corrected chi connectivity index (χ3v) is 3.91. The second kappa shape index (κ2) is 6.71. The first-order chi connectivity index (χ1) is 8.74. The van der Waals surface area contributed by atoms with E-state index in [-0.39, 0.29) is 17.9 Å². The van der Waals surface area contributed by atoms with E-state index in [0.29, 0.717) is 25.0 Å². The van der Waals surface area contributed by atoms with Gasteiger partial charge in [0, 0.05) is 30.4 Å². The van der Waals surface area contributed by atoms with Crippen LogP contribution in [-0.4, -0.2) is 42.0 Å². The van der Waals surface area contributed by atoms with Crippen molar-refractivity contribution in [1.82, 2.24) is 4.90 Å². The number of morpholine rings is 1. The molecule has 0 saturated carbocycles. The van der Waals surface area contributed by atoms with E-state index in [2.05, 4.69) is 4.90 Å². The Hall–Kier alpha value is -0.350. The molecule has 2 atom stereocenters. The highest BCUT2D eigenvalue weighted by Crippen LogP contribution is 2.19. The van der Waals surface area contributed by atoms with Crippen LogP contribution in [0.4, 0.5) is 4.39 Å².